The van der Waals surface area contributed by atoms with E-state index in [0.29, 0.717) is 50.5 Å². The van der Waals surface area contributed by atoms with Crippen LogP contribution in [0.2, 0.25) is 0 Å². The quantitative estimate of drug-likeness (QED) is 0.119. The van der Waals surface area contributed by atoms with Crippen LogP contribution in [0.25, 0.3) is 10.4 Å². The molecule has 0 aliphatic carbocycles. The van der Waals surface area contributed by atoms with Crippen molar-refractivity contribution in [1.29, 1.82) is 0 Å². The maximum absolute atomic E-state index is 14.1. The smallest absolute Gasteiger partial charge is 0.407 e. The summed E-state index contributed by atoms with van der Waals surface area (Å²) in [6.45, 7) is 4.88. The van der Waals surface area contributed by atoms with Crippen molar-refractivity contribution >= 4 is 16.1 Å². The van der Waals surface area contributed by atoms with E-state index in [1.165, 1.54) is 16.4 Å². The molecule has 3 atom stereocenters. The Labute approximate surface area is 258 Å². The van der Waals surface area contributed by atoms with E-state index in [4.69, 9.17) is 24.5 Å². The van der Waals surface area contributed by atoms with Gasteiger partial charge in [0.05, 0.1) is 30.3 Å². The number of azide groups is 1. The fraction of sp³-hybridized carbons (Fsp3) is 0.567. The molecular formula is C30H41N5O8S. The summed E-state index contributed by atoms with van der Waals surface area (Å²) in [6.07, 6.45) is 0.505. The number of alkyl carbamates (subject to hydrolysis) is 1. The van der Waals surface area contributed by atoms with Gasteiger partial charge in [0.1, 0.15) is 6.10 Å². The second-order valence-corrected chi connectivity index (χ2v) is 13.7. The first-order chi connectivity index (χ1) is 21.1. The zero-order valence-corrected chi connectivity index (χ0v) is 25.9. The van der Waals surface area contributed by atoms with Crippen LogP contribution in [-0.2, 0) is 25.9 Å². The second kappa shape index (κ2) is 15.4. The number of amides is 1. The normalized spacial score (nSPS) is 17.6. The van der Waals surface area contributed by atoms with Crippen molar-refractivity contribution in [2.45, 2.75) is 69.1 Å². The van der Waals surface area contributed by atoms with E-state index in [2.05, 4.69) is 15.3 Å². The molecule has 0 unspecified atom stereocenters. The van der Waals surface area contributed by atoms with Gasteiger partial charge in [-0.25, -0.2) is 13.2 Å². The molecule has 0 aromatic heterocycles. The van der Waals surface area contributed by atoms with Gasteiger partial charge in [-0.1, -0.05) is 55.7 Å². The summed E-state index contributed by atoms with van der Waals surface area (Å²) in [5.74, 6) is 0.778. The summed E-state index contributed by atoms with van der Waals surface area (Å²) >= 11 is 0. The van der Waals surface area contributed by atoms with E-state index in [0.717, 1.165) is 12.0 Å². The Balaban J connectivity index is 1.57. The molecule has 1 amide bonds. The highest BCUT2D eigenvalue weighted by molar-refractivity contribution is 7.89. The molecule has 240 valence electrons. The molecule has 4 rings (SSSR count). The molecule has 2 aromatic rings. The van der Waals surface area contributed by atoms with Crippen LogP contribution in [0.5, 0.6) is 11.5 Å². The lowest BCUT2D eigenvalue weighted by molar-refractivity contribution is 0.0623. The number of fused-ring (bicyclic) bond motifs is 1. The van der Waals surface area contributed by atoms with Crippen LogP contribution >= 0.6 is 0 Å². The molecule has 0 spiro atoms. The van der Waals surface area contributed by atoms with Gasteiger partial charge in [-0.05, 0) is 47.9 Å². The van der Waals surface area contributed by atoms with Gasteiger partial charge in [-0.3, -0.25) is 0 Å². The highest BCUT2D eigenvalue weighted by Crippen LogP contribution is 2.36. The van der Waals surface area contributed by atoms with Crippen LogP contribution in [0.1, 0.15) is 45.1 Å². The Morgan fingerprint density at radius 2 is 1.98 bits per heavy atom. The molecule has 44 heavy (non-hydrogen) atoms. The summed E-state index contributed by atoms with van der Waals surface area (Å²) in [5.41, 5.74) is 8.91. The third kappa shape index (κ3) is 9.47. The molecule has 2 heterocycles. The number of carbonyl (C=O) groups is 1. The summed E-state index contributed by atoms with van der Waals surface area (Å²) < 4.78 is 51.1. The minimum Gasteiger partial charge on any atom is -0.454 e. The van der Waals surface area contributed by atoms with Gasteiger partial charge in [0.2, 0.25) is 16.8 Å². The van der Waals surface area contributed by atoms with Crippen LogP contribution in [0.15, 0.2) is 58.5 Å². The number of aliphatic hydroxyl groups excluding tert-OH is 1. The summed E-state index contributed by atoms with van der Waals surface area (Å²) in [6, 6.07) is 12.9. The van der Waals surface area contributed by atoms with Crippen molar-refractivity contribution < 1.29 is 37.3 Å². The Morgan fingerprint density at radius 3 is 2.70 bits per heavy atom. The first-order valence-corrected chi connectivity index (χ1v) is 16.2. The summed E-state index contributed by atoms with van der Waals surface area (Å²) in [4.78, 5) is 15.6. The Hall–Kier alpha value is -3.55. The fourth-order valence-electron chi connectivity index (χ4n) is 5.25. The standard InChI is InChI=1S/C30H41N5O8S/c1-30(2,13-6-7-14-32-34-31)20-35(44(38,39)24-10-11-27-28(17-24)42-21-41-27)18-26(36)25(16-22-8-4-3-5-9-22)33-29(37)43-23-12-15-40-19-23/h3-5,8-11,17,23,25-26,36H,6-7,12-16,18-21H2,1-2H3,(H,33,37)/t23-,25-,26+/m0/s1. The van der Waals surface area contributed by atoms with Gasteiger partial charge in [0.25, 0.3) is 0 Å². The molecule has 0 bridgehead atoms. The molecule has 0 radical (unpaired) electrons. The van der Waals surface area contributed by atoms with E-state index in [1.807, 2.05) is 44.2 Å². The first kappa shape index (κ1) is 33.3. The number of carbonyl (C=O) groups excluding carboxylic acids is 1. The lowest BCUT2D eigenvalue weighted by Crippen LogP contribution is -2.52. The lowest BCUT2D eigenvalue weighted by atomic mass is 9.87. The Kier molecular flexibility index (Phi) is 11.7. The summed E-state index contributed by atoms with van der Waals surface area (Å²) in [7, 11) is -4.13. The average Bonchev–Trinajstić information content (AvgIpc) is 3.68. The largest absolute Gasteiger partial charge is 0.454 e. The van der Waals surface area contributed by atoms with Crippen molar-refractivity contribution in [3.63, 3.8) is 0 Å². The van der Waals surface area contributed by atoms with Crippen LogP contribution in [-0.4, -0.2) is 81.8 Å². The molecule has 13 nitrogen and oxygen atoms in total. The zero-order valence-electron chi connectivity index (χ0n) is 25.1. The van der Waals surface area contributed by atoms with Gasteiger partial charge in [0.15, 0.2) is 11.5 Å². The van der Waals surface area contributed by atoms with Crippen LogP contribution in [0.4, 0.5) is 4.79 Å². The third-order valence-electron chi connectivity index (χ3n) is 7.63. The van der Waals surface area contributed by atoms with E-state index >= 15 is 0 Å². The number of unbranched alkanes of at least 4 members (excludes halogenated alkanes) is 1. The first-order valence-electron chi connectivity index (χ1n) is 14.7. The van der Waals surface area contributed by atoms with Crippen LogP contribution in [0.3, 0.4) is 0 Å². The Bertz CT molecular complexity index is 1400. The monoisotopic (exact) mass is 631 g/mol. The predicted octanol–water partition coefficient (Wildman–Crippen LogP) is 4.40. The average molecular weight is 632 g/mol. The van der Waals surface area contributed by atoms with Crippen molar-refractivity contribution in [2.75, 3.05) is 39.6 Å². The number of benzene rings is 2. The topological polar surface area (TPSA) is 172 Å². The third-order valence-corrected chi connectivity index (χ3v) is 9.44. The molecule has 2 aliphatic heterocycles. The molecule has 0 saturated carbocycles. The van der Waals surface area contributed by atoms with Gasteiger partial charge in [0, 0.05) is 37.0 Å². The fourth-order valence-corrected chi connectivity index (χ4v) is 6.91. The molecule has 14 heteroatoms. The number of nitrogens with one attached hydrogen (secondary N) is 1. The lowest BCUT2D eigenvalue weighted by Gasteiger charge is -2.35. The van der Waals surface area contributed by atoms with Gasteiger partial charge < -0.3 is 29.4 Å². The summed E-state index contributed by atoms with van der Waals surface area (Å²) in [5, 5.41) is 17.9. The van der Waals surface area contributed by atoms with Crippen LogP contribution in [0, 0.1) is 5.41 Å². The van der Waals surface area contributed by atoms with Crippen molar-refractivity contribution in [2.24, 2.45) is 10.5 Å². The van der Waals surface area contributed by atoms with E-state index in [-0.39, 0.29) is 37.3 Å². The molecule has 1 fully saturated rings. The predicted molar refractivity (Wildman–Crippen MR) is 162 cm³/mol. The highest BCUT2D eigenvalue weighted by atomic mass is 32.2. The number of hydrogen-bond acceptors (Lipinski definition) is 9. The van der Waals surface area contributed by atoms with Crippen molar-refractivity contribution in [1.82, 2.24) is 9.62 Å². The number of sulfonamides is 1. The minimum absolute atomic E-state index is 0.0000574. The number of hydrogen-bond donors (Lipinski definition) is 2. The maximum atomic E-state index is 14.1. The number of aliphatic hydroxyl groups is 1. The number of nitrogens with zero attached hydrogens (tertiary/aromatic N) is 4. The zero-order chi connectivity index (χ0) is 31.6. The van der Waals surface area contributed by atoms with E-state index in [9.17, 15) is 18.3 Å². The van der Waals surface area contributed by atoms with E-state index in [1.54, 1.807) is 6.07 Å². The molecule has 2 aromatic carbocycles. The molecule has 2 N–H and O–H groups in total. The second-order valence-electron chi connectivity index (χ2n) is 11.8. The van der Waals surface area contributed by atoms with Gasteiger partial charge >= 0.3 is 6.09 Å². The number of ether oxygens (including phenoxy) is 4. The number of rotatable bonds is 16. The van der Waals surface area contributed by atoms with E-state index < -0.39 is 33.7 Å². The SMILES string of the molecule is CC(C)(CCCCN=[N+]=[N-])CN(C[C@@H](O)[C@H](Cc1ccccc1)NC(=O)O[C@H]1CCOC1)S(=O)(=O)c1ccc2c(c1)OCO2. The highest BCUT2D eigenvalue weighted by Gasteiger charge is 2.36. The van der Waals surface area contributed by atoms with Crippen LogP contribution < -0.4 is 14.8 Å². The minimum atomic E-state index is -4.13. The molecule has 2 aliphatic rings. The Morgan fingerprint density at radius 1 is 1.20 bits per heavy atom. The maximum Gasteiger partial charge on any atom is 0.407 e. The van der Waals surface area contributed by atoms with Gasteiger partial charge in [-0.15, -0.1) is 0 Å². The van der Waals surface area contributed by atoms with Crippen molar-refractivity contribution in [3.05, 3.63) is 64.5 Å². The van der Waals surface area contributed by atoms with Crippen molar-refractivity contribution in [3.8, 4) is 11.5 Å². The molecule has 1 saturated heterocycles. The van der Waals surface area contributed by atoms with Gasteiger partial charge in [-0.2, -0.15) is 4.31 Å². The molecular weight excluding hydrogens is 590 g/mol.